The average molecular weight is 345 g/mol. The summed E-state index contributed by atoms with van der Waals surface area (Å²) in [6.45, 7) is 5.54. The number of halogens is 3. The van der Waals surface area contributed by atoms with Crippen molar-refractivity contribution in [3.05, 3.63) is 63.7 Å². The highest BCUT2D eigenvalue weighted by Gasteiger charge is 2.29. The summed E-state index contributed by atoms with van der Waals surface area (Å²) in [5, 5.41) is 21.5. The summed E-state index contributed by atoms with van der Waals surface area (Å²) >= 11 is 0. The number of phenolic OH excluding ortho intramolecular Hbond substituents is 2. The molecule has 3 nitrogen and oxygen atoms in total. The summed E-state index contributed by atoms with van der Waals surface area (Å²) in [7, 11) is 0. The zero-order chi connectivity index (χ0) is 18.4. The highest BCUT2D eigenvalue weighted by Crippen LogP contribution is 2.29. The molecule has 1 heterocycles. The lowest BCUT2D eigenvalue weighted by Crippen LogP contribution is -2.24. The third kappa shape index (κ3) is 3.03. The van der Waals surface area contributed by atoms with Crippen molar-refractivity contribution >= 4 is 23.6 Å². The van der Waals surface area contributed by atoms with Gasteiger partial charge in [-0.15, -0.1) is 0 Å². The first-order valence-corrected chi connectivity index (χ1v) is 7.36. The van der Waals surface area contributed by atoms with Gasteiger partial charge in [-0.1, -0.05) is 18.7 Å². The van der Waals surface area contributed by atoms with Crippen molar-refractivity contribution in [2.24, 2.45) is 0 Å². The third-order valence-electron chi connectivity index (χ3n) is 3.92. The van der Waals surface area contributed by atoms with Crippen LogP contribution in [0.4, 0.5) is 13.2 Å². The molecule has 0 saturated carbocycles. The number of aromatic nitrogens is 1. The number of benzene rings is 2. The van der Waals surface area contributed by atoms with Crippen LogP contribution in [0, 0.1) is 6.92 Å². The summed E-state index contributed by atoms with van der Waals surface area (Å²) in [6, 6.07) is 6.16. The van der Waals surface area contributed by atoms with Gasteiger partial charge in [-0.05, 0) is 42.3 Å². The van der Waals surface area contributed by atoms with Crippen LogP contribution in [0.5, 0.6) is 11.5 Å². The fourth-order valence-electron chi connectivity index (χ4n) is 2.59. The van der Waals surface area contributed by atoms with E-state index in [2.05, 4.69) is 11.6 Å². The SMILES string of the molecule is C=c1c(O)c2ncc(C)cc2c(O)c1=Cc1ccc(C(F)(F)F)cc1. The molecule has 0 spiro atoms. The number of aromatic hydroxyl groups is 2. The van der Waals surface area contributed by atoms with Crippen molar-refractivity contribution in [2.45, 2.75) is 13.1 Å². The van der Waals surface area contributed by atoms with Gasteiger partial charge in [0.25, 0.3) is 0 Å². The van der Waals surface area contributed by atoms with E-state index in [-0.39, 0.29) is 27.5 Å². The molecular formula is C19H14F3NO2. The monoisotopic (exact) mass is 345 g/mol. The van der Waals surface area contributed by atoms with Crippen LogP contribution >= 0.6 is 0 Å². The molecule has 0 radical (unpaired) electrons. The number of nitrogens with zero attached hydrogens (tertiary/aromatic N) is 1. The molecule has 0 fully saturated rings. The fraction of sp³-hybridized carbons (Fsp3) is 0.105. The Morgan fingerprint density at radius 1 is 1.08 bits per heavy atom. The molecule has 128 valence electrons. The van der Waals surface area contributed by atoms with E-state index < -0.39 is 11.7 Å². The third-order valence-corrected chi connectivity index (χ3v) is 3.92. The van der Waals surface area contributed by atoms with Gasteiger partial charge in [0.1, 0.15) is 17.0 Å². The van der Waals surface area contributed by atoms with Crippen molar-refractivity contribution in [1.82, 2.24) is 4.98 Å². The van der Waals surface area contributed by atoms with Gasteiger partial charge in [0, 0.05) is 22.0 Å². The molecule has 0 aliphatic heterocycles. The van der Waals surface area contributed by atoms with Crippen LogP contribution in [0.15, 0.2) is 36.5 Å². The number of aryl methyl sites for hydroxylation is 1. The minimum absolute atomic E-state index is 0.131. The smallest absolute Gasteiger partial charge is 0.416 e. The maximum absolute atomic E-state index is 12.6. The Hall–Kier alpha value is -3.02. The Balaban J connectivity index is 2.25. The van der Waals surface area contributed by atoms with Crippen LogP contribution in [-0.4, -0.2) is 15.2 Å². The molecule has 3 rings (SSSR count). The number of hydrogen-bond donors (Lipinski definition) is 2. The molecule has 2 aromatic carbocycles. The molecule has 0 aliphatic carbocycles. The van der Waals surface area contributed by atoms with Crippen LogP contribution in [0.3, 0.4) is 0 Å². The first kappa shape index (κ1) is 16.8. The van der Waals surface area contributed by atoms with E-state index in [9.17, 15) is 23.4 Å². The number of rotatable bonds is 1. The summed E-state index contributed by atoms with van der Waals surface area (Å²) in [5.41, 5.74) is 0.689. The Labute approximate surface area is 141 Å². The van der Waals surface area contributed by atoms with Gasteiger partial charge in [-0.25, -0.2) is 0 Å². The highest BCUT2D eigenvalue weighted by atomic mass is 19.4. The van der Waals surface area contributed by atoms with Crippen LogP contribution in [0.1, 0.15) is 16.7 Å². The molecule has 0 atom stereocenters. The Bertz CT molecular complexity index is 1070. The van der Waals surface area contributed by atoms with Crippen molar-refractivity contribution in [2.75, 3.05) is 0 Å². The second kappa shape index (κ2) is 5.81. The molecule has 2 N–H and O–H groups in total. The summed E-state index contributed by atoms with van der Waals surface area (Å²) in [6.07, 6.45) is -1.39. The quantitative estimate of drug-likeness (QED) is 0.666. The molecule has 0 saturated heterocycles. The lowest BCUT2D eigenvalue weighted by molar-refractivity contribution is -0.137. The number of hydrogen-bond acceptors (Lipinski definition) is 3. The van der Waals surface area contributed by atoms with E-state index in [0.29, 0.717) is 10.9 Å². The van der Waals surface area contributed by atoms with Gasteiger partial charge in [0.15, 0.2) is 0 Å². The minimum atomic E-state index is -4.41. The molecule has 0 amide bonds. The van der Waals surface area contributed by atoms with Gasteiger partial charge in [-0.3, -0.25) is 4.98 Å². The maximum atomic E-state index is 12.6. The van der Waals surface area contributed by atoms with Gasteiger partial charge in [0.2, 0.25) is 0 Å². The number of alkyl halides is 3. The van der Waals surface area contributed by atoms with Crippen molar-refractivity contribution in [3.8, 4) is 11.5 Å². The molecule has 1 aromatic heterocycles. The zero-order valence-corrected chi connectivity index (χ0v) is 13.2. The van der Waals surface area contributed by atoms with E-state index in [1.54, 1.807) is 19.2 Å². The van der Waals surface area contributed by atoms with Crippen molar-refractivity contribution in [1.29, 1.82) is 0 Å². The molecule has 25 heavy (non-hydrogen) atoms. The lowest BCUT2D eigenvalue weighted by Gasteiger charge is -2.08. The van der Waals surface area contributed by atoms with Crippen molar-refractivity contribution in [3.63, 3.8) is 0 Å². The van der Waals surface area contributed by atoms with Gasteiger partial charge < -0.3 is 10.2 Å². The second-order valence-electron chi connectivity index (χ2n) is 5.76. The molecular weight excluding hydrogens is 331 g/mol. The van der Waals surface area contributed by atoms with Crippen LogP contribution in [0.25, 0.3) is 23.6 Å². The topological polar surface area (TPSA) is 53.4 Å². The maximum Gasteiger partial charge on any atom is 0.416 e. The lowest BCUT2D eigenvalue weighted by atomic mass is 10.0. The largest absolute Gasteiger partial charge is 0.507 e. The van der Waals surface area contributed by atoms with Gasteiger partial charge in [0.05, 0.1) is 5.56 Å². The highest BCUT2D eigenvalue weighted by molar-refractivity contribution is 5.90. The van der Waals surface area contributed by atoms with Crippen LogP contribution in [-0.2, 0) is 6.18 Å². The molecule has 3 aromatic rings. The van der Waals surface area contributed by atoms with Crippen LogP contribution < -0.4 is 10.4 Å². The second-order valence-corrected chi connectivity index (χ2v) is 5.76. The standard InChI is InChI=1S/C19H14F3NO2/c1-10-7-15-16(23-9-10)17(24)11(2)14(18(15)25)8-12-3-5-13(6-4-12)19(20,21)22/h3-9,24-25H,2H2,1H3. The molecule has 0 aliphatic rings. The normalized spacial score (nSPS) is 12.7. The van der Waals surface area contributed by atoms with Gasteiger partial charge >= 0.3 is 6.18 Å². The Kier molecular flexibility index (Phi) is 3.91. The van der Waals surface area contributed by atoms with E-state index >= 15 is 0 Å². The van der Waals surface area contributed by atoms with E-state index in [1.165, 1.54) is 18.2 Å². The average Bonchev–Trinajstić information content (AvgIpc) is 2.56. The van der Waals surface area contributed by atoms with E-state index in [4.69, 9.17) is 0 Å². The molecule has 6 heteroatoms. The predicted octanol–water partition coefficient (Wildman–Crippen LogP) is 3.21. The predicted molar refractivity (Wildman–Crippen MR) is 89.6 cm³/mol. The summed E-state index contributed by atoms with van der Waals surface area (Å²) < 4.78 is 37.9. The molecule has 0 unspecified atom stereocenters. The minimum Gasteiger partial charge on any atom is -0.507 e. The summed E-state index contributed by atoms with van der Waals surface area (Å²) in [4.78, 5) is 4.10. The van der Waals surface area contributed by atoms with Crippen molar-refractivity contribution < 1.29 is 23.4 Å². The Morgan fingerprint density at radius 2 is 1.72 bits per heavy atom. The van der Waals surface area contributed by atoms with E-state index in [1.807, 2.05) is 0 Å². The molecule has 0 bridgehead atoms. The zero-order valence-electron chi connectivity index (χ0n) is 13.2. The van der Waals surface area contributed by atoms with Crippen LogP contribution in [0.2, 0.25) is 0 Å². The first-order chi connectivity index (χ1) is 11.7. The first-order valence-electron chi connectivity index (χ1n) is 7.36. The van der Waals surface area contributed by atoms with Gasteiger partial charge in [-0.2, -0.15) is 13.2 Å². The van der Waals surface area contributed by atoms with E-state index in [0.717, 1.165) is 17.7 Å². The number of pyridine rings is 1. The number of phenols is 2. The number of fused-ring (bicyclic) bond motifs is 1. The Morgan fingerprint density at radius 3 is 2.32 bits per heavy atom. The summed E-state index contributed by atoms with van der Waals surface area (Å²) in [5.74, 6) is -0.306. The fourth-order valence-corrected chi connectivity index (χ4v) is 2.59.